The molecule has 1 fully saturated rings. The van der Waals surface area contributed by atoms with Gasteiger partial charge >= 0.3 is 6.18 Å². The summed E-state index contributed by atoms with van der Waals surface area (Å²) in [7, 11) is 0. The number of hydrogen-bond donors (Lipinski definition) is 2. The van der Waals surface area contributed by atoms with Gasteiger partial charge in [-0.15, -0.1) is 24.8 Å². The summed E-state index contributed by atoms with van der Waals surface area (Å²) in [6, 6.07) is -1.46. The lowest BCUT2D eigenvalue weighted by Crippen LogP contribution is -2.51. The van der Waals surface area contributed by atoms with E-state index >= 15 is 0 Å². The average Bonchev–Trinajstić information content (AvgIpc) is 1.86. The maximum Gasteiger partial charge on any atom is 0.403 e. The molecule has 2 atom stereocenters. The van der Waals surface area contributed by atoms with Crippen molar-refractivity contribution in [2.24, 2.45) is 5.73 Å². The highest BCUT2D eigenvalue weighted by atomic mass is 35.5. The van der Waals surface area contributed by atoms with Crippen LogP contribution in [0.4, 0.5) is 13.2 Å². The van der Waals surface area contributed by atoms with E-state index < -0.39 is 12.2 Å². The van der Waals surface area contributed by atoms with Gasteiger partial charge in [-0.25, -0.2) is 0 Å². The normalized spacial score (nSPS) is 28.6. The molecular formula is C6H13Cl2F3N2. The highest BCUT2D eigenvalue weighted by Crippen LogP contribution is 2.25. The van der Waals surface area contributed by atoms with Gasteiger partial charge in [-0.2, -0.15) is 13.2 Å². The first-order valence-corrected chi connectivity index (χ1v) is 3.56. The lowest BCUT2D eigenvalue weighted by atomic mass is 10.0. The van der Waals surface area contributed by atoms with E-state index in [1.807, 2.05) is 0 Å². The number of hydrogen-bond acceptors (Lipinski definition) is 2. The van der Waals surface area contributed by atoms with Gasteiger partial charge < -0.3 is 11.1 Å². The van der Waals surface area contributed by atoms with Gasteiger partial charge in [-0.1, -0.05) is 0 Å². The minimum Gasteiger partial charge on any atom is -0.327 e. The van der Waals surface area contributed by atoms with Crippen LogP contribution in [0.1, 0.15) is 12.8 Å². The molecule has 1 heterocycles. The van der Waals surface area contributed by atoms with Crippen LogP contribution in [-0.4, -0.2) is 24.8 Å². The molecule has 1 aliphatic rings. The van der Waals surface area contributed by atoms with E-state index in [1.54, 1.807) is 0 Å². The summed E-state index contributed by atoms with van der Waals surface area (Å²) in [5.41, 5.74) is 5.41. The molecule has 1 saturated heterocycles. The molecule has 2 unspecified atom stereocenters. The minimum atomic E-state index is -4.11. The summed E-state index contributed by atoms with van der Waals surface area (Å²) in [6.45, 7) is 0.268. The van der Waals surface area contributed by atoms with Crippen LogP contribution in [0.5, 0.6) is 0 Å². The van der Waals surface area contributed by atoms with E-state index in [9.17, 15) is 13.2 Å². The van der Waals surface area contributed by atoms with Crippen molar-refractivity contribution >= 4 is 24.8 Å². The third kappa shape index (κ3) is 4.90. The zero-order valence-corrected chi connectivity index (χ0v) is 8.44. The SMILES string of the molecule is Cl.Cl.NC1CCC(C(F)(F)F)NC1. The second-order valence-corrected chi connectivity index (χ2v) is 2.84. The Morgan fingerprint density at radius 3 is 2.00 bits per heavy atom. The van der Waals surface area contributed by atoms with E-state index in [1.165, 1.54) is 0 Å². The number of piperidine rings is 1. The predicted octanol–water partition coefficient (Wildman–Crippen LogP) is 1.47. The summed E-state index contributed by atoms with van der Waals surface area (Å²) in [5.74, 6) is 0. The van der Waals surface area contributed by atoms with E-state index in [4.69, 9.17) is 5.73 Å². The Labute approximate surface area is 87.3 Å². The quantitative estimate of drug-likeness (QED) is 0.674. The fourth-order valence-electron chi connectivity index (χ4n) is 1.16. The van der Waals surface area contributed by atoms with Gasteiger partial charge in [0.05, 0.1) is 0 Å². The molecule has 13 heavy (non-hydrogen) atoms. The van der Waals surface area contributed by atoms with Gasteiger partial charge in [0.25, 0.3) is 0 Å². The van der Waals surface area contributed by atoms with Gasteiger partial charge in [0.15, 0.2) is 0 Å². The Kier molecular flexibility index (Phi) is 7.15. The van der Waals surface area contributed by atoms with Crippen LogP contribution in [0.3, 0.4) is 0 Å². The molecule has 1 rings (SSSR count). The molecule has 2 nitrogen and oxygen atoms in total. The second kappa shape index (κ2) is 5.90. The first kappa shape index (κ1) is 15.7. The van der Waals surface area contributed by atoms with Crippen LogP contribution in [0.2, 0.25) is 0 Å². The summed E-state index contributed by atoms with van der Waals surface area (Å²) >= 11 is 0. The molecule has 82 valence electrons. The van der Waals surface area contributed by atoms with Crippen LogP contribution in [0.15, 0.2) is 0 Å². The number of nitrogens with one attached hydrogen (secondary N) is 1. The fraction of sp³-hybridized carbons (Fsp3) is 1.00. The smallest absolute Gasteiger partial charge is 0.327 e. The zero-order chi connectivity index (χ0) is 8.48. The van der Waals surface area contributed by atoms with Gasteiger partial charge in [0, 0.05) is 12.6 Å². The van der Waals surface area contributed by atoms with Crippen molar-refractivity contribution in [3.8, 4) is 0 Å². The van der Waals surface area contributed by atoms with Gasteiger partial charge in [0.1, 0.15) is 6.04 Å². The lowest BCUT2D eigenvalue weighted by Gasteiger charge is -2.28. The summed E-state index contributed by atoms with van der Waals surface area (Å²) in [4.78, 5) is 0. The van der Waals surface area contributed by atoms with E-state index in [-0.39, 0.29) is 43.8 Å². The van der Waals surface area contributed by atoms with Crippen molar-refractivity contribution in [3.05, 3.63) is 0 Å². The fourth-order valence-corrected chi connectivity index (χ4v) is 1.16. The Hall–Kier alpha value is 0.290. The van der Waals surface area contributed by atoms with Crippen molar-refractivity contribution < 1.29 is 13.2 Å². The number of nitrogens with two attached hydrogens (primary N) is 1. The van der Waals surface area contributed by atoms with Gasteiger partial charge in [-0.3, -0.25) is 0 Å². The molecule has 0 aromatic rings. The molecule has 0 amide bonds. The van der Waals surface area contributed by atoms with Gasteiger partial charge in [0.2, 0.25) is 0 Å². The Balaban J connectivity index is 0. The van der Waals surface area contributed by atoms with Crippen LogP contribution < -0.4 is 11.1 Å². The van der Waals surface area contributed by atoms with Crippen LogP contribution >= 0.6 is 24.8 Å². The van der Waals surface area contributed by atoms with Crippen LogP contribution in [-0.2, 0) is 0 Å². The average molecular weight is 241 g/mol. The minimum absolute atomic E-state index is 0. The molecule has 0 aromatic heterocycles. The van der Waals surface area contributed by atoms with Crippen molar-refractivity contribution in [1.29, 1.82) is 0 Å². The zero-order valence-electron chi connectivity index (χ0n) is 6.80. The molecule has 0 saturated carbocycles. The number of rotatable bonds is 0. The molecule has 7 heteroatoms. The van der Waals surface area contributed by atoms with E-state index in [2.05, 4.69) is 5.32 Å². The number of alkyl halides is 3. The summed E-state index contributed by atoms with van der Waals surface area (Å²) in [5, 5.41) is 2.36. The van der Waals surface area contributed by atoms with E-state index in [0.29, 0.717) is 6.42 Å². The maximum atomic E-state index is 12.0. The summed E-state index contributed by atoms with van der Waals surface area (Å²) in [6.07, 6.45) is -3.55. The highest BCUT2D eigenvalue weighted by Gasteiger charge is 2.40. The molecule has 1 aliphatic heterocycles. The topological polar surface area (TPSA) is 38.0 Å². The lowest BCUT2D eigenvalue weighted by molar-refractivity contribution is -0.160. The predicted molar refractivity (Wildman–Crippen MR) is 49.6 cm³/mol. The molecule has 0 spiro atoms. The number of halogens is 5. The van der Waals surface area contributed by atoms with Crippen LogP contribution in [0, 0.1) is 0 Å². The molecule has 0 radical (unpaired) electrons. The van der Waals surface area contributed by atoms with Crippen molar-refractivity contribution in [3.63, 3.8) is 0 Å². The highest BCUT2D eigenvalue weighted by molar-refractivity contribution is 5.85. The molecular weight excluding hydrogens is 228 g/mol. The first-order chi connectivity index (χ1) is 5.00. The first-order valence-electron chi connectivity index (χ1n) is 3.56. The summed E-state index contributed by atoms with van der Waals surface area (Å²) < 4.78 is 35.9. The van der Waals surface area contributed by atoms with Crippen molar-refractivity contribution in [2.45, 2.75) is 31.1 Å². The van der Waals surface area contributed by atoms with Gasteiger partial charge in [-0.05, 0) is 12.8 Å². The van der Waals surface area contributed by atoms with Crippen LogP contribution in [0.25, 0.3) is 0 Å². The maximum absolute atomic E-state index is 12.0. The molecule has 0 aromatic carbocycles. The standard InChI is InChI=1S/C6H11F3N2.2ClH/c7-6(8,9)5-2-1-4(10)3-11-5;;/h4-5,11H,1-3,10H2;2*1H. The second-order valence-electron chi connectivity index (χ2n) is 2.84. The van der Waals surface area contributed by atoms with E-state index in [0.717, 1.165) is 0 Å². The third-order valence-electron chi connectivity index (χ3n) is 1.85. The Morgan fingerprint density at radius 1 is 1.15 bits per heavy atom. The Morgan fingerprint density at radius 2 is 1.69 bits per heavy atom. The Bertz CT molecular complexity index is 134. The molecule has 0 bridgehead atoms. The van der Waals surface area contributed by atoms with Crippen molar-refractivity contribution in [2.75, 3.05) is 6.54 Å². The largest absolute Gasteiger partial charge is 0.403 e. The molecule has 0 aliphatic carbocycles. The molecule has 3 N–H and O–H groups in total. The van der Waals surface area contributed by atoms with Crippen molar-refractivity contribution in [1.82, 2.24) is 5.32 Å². The third-order valence-corrected chi connectivity index (χ3v) is 1.85. The monoisotopic (exact) mass is 240 g/mol.